The SMILES string of the molecule is c1cc(-c2ccc3ccccc3c2)cc(-c2c3ccccc3c(-c3ccc(-c4cccc5c4sc4ccccc45)cc3)c3ccccc23)c1.c1cc(-c2ccc3ccccc3c2)cc(-c2c3ccccc3c(-c3cccc(-c4cccc5c4sc4ccccc45)c3)c3ccccc23)c1.c1cc(-c2cccc3ccccc23)cc(-c2c3ccccc3c(-c3cccc(-c4cccc5c4sc4ccccc45)c3)c3ccccc23)c1. The summed E-state index contributed by atoms with van der Waals surface area (Å²) in [4.78, 5) is 0. The van der Waals surface area contributed by atoms with Crippen LogP contribution >= 0.6 is 34.0 Å². The van der Waals surface area contributed by atoms with Gasteiger partial charge >= 0.3 is 0 Å². The molecule has 0 unspecified atom stereocenters. The number of thiophene rings is 3. The van der Waals surface area contributed by atoms with Crippen LogP contribution in [0, 0.1) is 0 Å². The van der Waals surface area contributed by atoms with Crippen LogP contribution in [0.4, 0.5) is 0 Å². The molecule has 3 aromatic heterocycles. The van der Waals surface area contributed by atoms with E-state index >= 15 is 0 Å². The number of hydrogen-bond donors (Lipinski definition) is 0. The van der Waals surface area contributed by atoms with Crippen molar-refractivity contribution in [2.24, 2.45) is 0 Å². The van der Waals surface area contributed by atoms with E-state index in [2.05, 4.69) is 546 Å². The van der Waals surface area contributed by atoms with Gasteiger partial charge in [0.05, 0.1) is 0 Å². The predicted octanol–water partition coefficient (Wildman–Crippen LogP) is 42.5. The van der Waals surface area contributed by atoms with Crippen LogP contribution in [-0.2, 0) is 0 Å². The highest BCUT2D eigenvalue weighted by Crippen LogP contribution is 2.53. The van der Waals surface area contributed by atoms with Crippen LogP contribution in [0.2, 0.25) is 0 Å². The molecule has 0 atom stereocenters. The lowest BCUT2D eigenvalue weighted by atomic mass is 9.85. The number of fused-ring (bicyclic) bond motifs is 18. The van der Waals surface area contributed by atoms with Crippen molar-refractivity contribution in [1.29, 1.82) is 0 Å². The first kappa shape index (κ1) is 86.8. The quantitative estimate of drug-likeness (QED) is 0.107. The Hall–Kier alpha value is -18.1. The molecule has 0 aliphatic heterocycles. The zero-order chi connectivity index (χ0) is 96.9. The first-order chi connectivity index (χ1) is 72.9. The van der Waals surface area contributed by atoms with E-state index in [0.29, 0.717) is 0 Å². The van der Waals surface area contributed by atoms with Gasteiger partial charge in [0.1, 0.15) is 0 Å². The third kappa shape index (κ3) is 15.3. The highest BCUT2D eigenvalue weighted by atomic mass is 32.1. The summed E-state index contributed by atoms with van der Waals surface area (Å²) in [6.07, 6.45) is 0. The lowest BCUT2D eigenvalue weighted by molar-refractivity contribution is 1.62. The van der Waals surface area contributed by atoms with Crippen molar-refractivity contribution >= 4 is 191 Å². The molecule has 30 rings (SSSR count). The fourth-order valence-electron chi connectivity index (χ4n) is 23.4. The molecule has 147 heavy (non-hydrogen) atoms. The van der Waals surface area contributed by atoms with Crippen molar-refractivity contribution in [3.8, 4) is 134 Å². The third-order valence-corrected chi connectivity index (χ3v) is 33.8. The molecule has 0 radical (unpaired) electrons. The Bertz CT molecular complexity index is 10400. The second kappa shape index (κ2) is 36.7. The van der Waals surface area contributed by atoms with Crippen LogP contribution in [0.1, 0.15) is 0 Å². The summed E-state index contributed by atoms with van der Waals surface area (Å²) in [5.74, 6) is 0. The Balaban J connectivity index is 0.000000107. The van der Waals surface area contributed by atoms with E-state index in [1.165, 1.54) is 291 Å². The smallest absolute Gasteiger partial charge is 0.0433 e. The summed E-state index contributed by atoms with van der Waals surface area (Å²) in [5, 5.41) is 30.8. The molecule has 0 N–H and O–H groups in total. The van der Waals surface area contributed by atoms with Gasteiger partial charge in [-0.15, -0.1) is 34.0 Å². The zero-order valence-corrected chi connectivity index (χ0v) is 82.6. The summed E-state index contributed by atoms with van der Waals surface area (Å²) in [5.41, 5.74) is 30.1. The van der Waals surface area contributed by atoms with Crippen LogP contribution in [0.15, 0.2) is 546 Å². The Morgan fingerprint density at radius 3 is 0.626 bits per heavy atom. The molecule has 27 aromatic carbocycles. The minimum atomic E-state index is 1.23. The summed E-state index contributed by atoms with van der Waals surface area (Å²) >= 11 is 5.67. The van der Waals surface area contributed by atoms with E-state index in [1.54, 1.807) is 0 Å². The fourth-order valence-corrected chi connectivity index (χ4v) is 27.2. The molecular weight excluding hydrogens is 1830 g/mol. The van der Waals surface area contributed by atoms with E-state index in [0.717, 1.165) is 0 Å². The van der Waals surface area contributed by atoms with Crippen LogP contribution in [0.5, 0.6) is 0 Å². The number of benzene rings is 27. The van der Waals surface area contributed by atoms with Gasteiger partial charge in [0.2, 0.25) is 0 Å². The van der Waals surface area contributed by atoms with Gasteiger partial charge in [-0.05, 0) is 291 Å². The van der Waals surface area contributed by atoms with E-state index in [-0.39, 0.29) is 0 Å². The van der Waals surface area contributed by atoms with Gasteiger partial charge in [0.15, 0.2) is 0 Å². The summed E-state index contributed by atoms with van der Waals surface area (Å²) < 4.78 is 8.04. The Labute approximate surface area is 863 Å². The Morgan fingerprint density at radius 1 is 0.0952 bits per heavy atom. The van der Waals surface area contributed by atoms with Crippen molar-refractivity contribution in [2.75, 3.05) is 0 Å². The van der Waals surface area contributed by atoms with Crippen molar-refractivity contribution in [3.63, 3.8) is 0 Å². The summed E-state index contributed by atoms with van der Waals surface area (Å²) in [6.45, 7) is 0. The molecular formula is C144H90S3. The second-order valence-corrected chi connectivity index (χ2v) is 41.7. The lowest BCUT2D eigenvalue weighted by Crippen LogP contribution is -1.91. The lowest BCUT2D eigenvalue weighted by Gasteiger charge is -2.19. The maximum Gasteiger partial charge on any atom is 0.0433 e. The van der Waals surface area contributed by atoms with Crippen LogP contribution < -0.4 is 0 Å². The first-order valence-corrected chi connectivity index (χ1v) is 53.0. The summed E-state index contributed by atoms with van der Waals surface area (Å²) in [6, 6.07) is 201. The largest absolute Gasteiger partial charge is 0.135 e. The maximum absolute atomic E-state index is 2.40. The van der Waals surface area contributed by atoms with E-state index < -0.39 is 0 Å². The predicted molar refractivity (Wildman–Crippen MR) is 641 cm³/mol. The van der Waals surface area contributed by atoms with Gasteiger partial charge < -0.3 is 0 Å². The Morgan fingerprint density at radius 2 is 0.293 bits per heavy atom. The molecule has 0 nitrogen and oxygen atoms in total. The van der Waals surface area contributed by atoms with Gasteiger partial charge in [0.25, 0.3) is 0 Å². The van der Waals surface area contributed by atoms with E-state index in [4.69, 9.17) is 0 Å². The molecule has 0 aliphatic carbocycles. The molecule has 0 aliphatic rings. The van der Waals surface area contributed by atoms with Gasteiger partial charge in [-0.3, -0.25) is 0 Å². The standard InChI is InChI=1S/3C48H30S/c1-2-19-36-31(13-1)14-11-25-37(36)32-15-9-17-34(29-32)46-40-21-3-5-23-42(40)47(43-24-6-4-22-41(43)46)35-18-10-16-33(30-35)38-26-12-27-44-39-20-7-8-28-45(39)49-48(38)44;1-2-13-32-28-34(27-26-31(32)12-1)33-14-9-16-36(29-33)46-40-19-3-5-21-42(40)47(43-22-6-4-20-41(43)46)37-17-10-15-35(30-37)38-23-11-24-44-39-18-7-8-25-45(39)49-48(38)44;1-2-12-34-29-36(28-23-31(34)11-1)35-13-9-14-37(30-35)47-42-18-5-3-16-40(42)46(41-17-4-6-19-43(41)47)33-26-24-32(25-27-33)38-20-10-21-44-39-15-7-8-22-45(39)49-48(38)44/h3*1-30H. The zero-order valence-electron chi connectivity index (χ0n) is 80.2. The highest BCUT2D eigenvalue weighted by Gasteiger charge is 2.25. The van der Waals surface area contributed by atoms with Crippen molar-refractivity contribution in [1.82, 2.24) is 0 Å². The van der Waals surface area contributed by atoms with E-state index in [1.807, 2.05) is 34.0 Å². The van der Waals surface area contributed by atoms with Gasteiger partial charge in [-0.25, -0.2) is 0 Å². The molecule has 3 heteroatoms. The maximum atomic E-state index is 2.40. The molecule has 0 fully saturated rings. The molecule has 30 aromatic rings. The molecule has 0 bridgehead atoms. The molecule has 0 spiro atoms. The van der Waals surface area contributed by atoms with Crippen molar-refractivity contribution in [2.45, 2.75) is 0 Å². The molecule has 0 amide bonds. The molecule has 3 heterocycles. The minimum Gasteiger partial charge on any atom is -0.135 e. The minimum absolute atomic E-state index is 1.23. The van der Waals surface area contributed by atoms with Gasteiger partial charge in [-0.2, -0.15) is 0 Å². The van der Waals surface area contributed by atoms with Crippen LogP contribution in [0.3, 0.4) is 0 Å². The molecule has 0 saturated heterocycles. The number of rotatable bonds is 12. The third-order valence-electron chi connectivity index (χ3n) is 30.1. The van der Waals surface area contributed by atoms with Crippen molar-refractivity contribution in [3.05, 3.63) is 546 Å². The molecule has 0 saturated carbocycles. The normalized spacial score (nSPS) is 11.7. The highest BCUT2D eigenvalue weighted by molar-refractivity contribution is 7.27. The van der Waals surface area contributed by atoms with Gasteiger partial charge in [0, 0.05) is 60.5 Å². The average molecular weight is 1920 g/mol. The van der Waals surface area contributed by atoms with Crippen molar-refractivity contribution < 1.29 is 0 Å². The Kier molecular flexibility index (Phi) is 21.7. The van der Waals surface area contributed by atoms with Gasteiger partial charge in [-0.1, -0.05) is 485 Å². The topological polar surface area (TPSA) is 0 Å². The first-order valence-electron chi connectivity index (χ1n) is 50.5. The fraction of sp³-hybridized carbons (Fsp3) is 0. The number of hydrogen-bond acceptors (Lipinski definition) is 3. The summed E-state index contributed by atoms with van der Waals surface area (Å²) in [7, 11) is 0. The van der Waals surface area contributed by atoms with Crippen LogP contribution in [0.25, 0.3) is 291 Å². The average Bonchev–Trinajstić information content (AvgIpc) is 1.58. The monoisotopic (exact) mass is 1910 g/mol. The van der Waals surface area contributed by atoms with Crippen LogP contribution in [-0.4, -0.2) is 0 Å². The van der Waals surface area contributed by atoms with E-state index in [9.17, 15) is 0 Å². The molecule has 684 valence electrons. The second-order valence-electron chi connectivity index (χ2n) is 38.5.